The number of hydrogen-bond donors (Lipinski definition) is 1. The zero-order chi connectivity index (χ0) is 19.2. The Balaban J connectivity index is 1.61. The normalized spacial score (nSPS) is 20.0. The molecule has 1 N–H and O–H groups in total. The van der Waals surface area contributed by atoms with Crippen molar-refractivity contribution in [3.8, 4) is 11.8 Å². The summed E-state index contributed by atoms with van der Waals surface area (Å²) in [4.78, 5) is 13.6. The van der Waals surface area contributed by atoms with E-state index in [1.165, 1.54) is 0 Å². The van der Waals surface area contributed by atoms with Gasteiger partial charge in [-0.2, -0.15) is 5.26 Å². The molecule has 0 aliphatic carbocycles. The maximum Gasteiger partial charge on any atom is 0.307 e. The lowest BCUT2D eigenvalue weighted by Gasteiger charge is -2.34. The molecule has 0 radical (unpaired) electrons. The van der Waals surface area contributed by atoms with Crippen LogP contribution < -0.4 is 4.74 Å². The van der Waals surface area contributed by atoms with Crippen molar-refractivity contribution in [3.63, 3.8) is 0 Å². The standard InChI is InChI=1S/C22H24N2O3/c1-16-8-20(22(25)26)14-24(12-16)13-18-5-3-7-21(10-18)27-15-19-6-2-4-17(9-19)11-23/h2-7,9-10,16,20H,8,12-15H2,1H3,(H,25,26). The third-order valence-corrected chi connectivity index (χ3v) is 4.85. The lowest BCUT2D eigenvalue weighted by Crippen LogP contribution is -2.41. The van der Waals surface area contributed by atoms with Gasteiger partial charge in [0.05, 0.1) is 17.6 Å². The molecule has 2 atom stereocenters. The van der Waals surface area contributed by atoms with Gasteiger partial charge >= 0.3 is 5.97 Å². The van der Waals surface area contributed by atoms with E-state index in [1.54, 1.807) is 6.07 Å². The van der Waals surface area contributed by atoms with Crippen LogP contribution in [0.2, 0.25) is 0 Å². The number of carbonyl (C=O) groups is 1. The van der Waals surface area contributed by atoms with Crippen molar-refractivity contribution in [2.45, 2.75) is 26.5 Å². The van der Waals surface area contributed by atoms with E-state index in [-0.39, 0.29) is 5.92 Å². The van der Waals surface area contributed by atoms with Gasteiger partial charge < -0.3 is 9.84 Å². The highest BCUT2D eigenvalue weighted by Gasteiger charge is 2.29. The third kappa shape index (κ3) is 5.32. The van der Waals surface area contributed by atoms with E-state index in [9.17, 15) is 9.90 Å². The topological polar surface area (TPSA) is 73.6 Å². The summed E-state index contributed by atoms with van der Waals surface area (Å²) in [7, 11) is 0. The predicted molar refractivity (Wildman–Crippen MR) is 102 cm³/mol. The molecule has 140 valence electrons. The first-order valence-electron chi connectivity index (χ1n) is 9.19. The van der Waals surface area contributed by atoms with E-state index < -0.39 is 5.97 Å². The molecule has 0 aromatic heterocycles. The van der Waals surface area contributed by atoms with Gasteiger partial charge in [-0.1, -0.05) is 31.2 Å². The maximum atomic E-state index is 11.4. The Morgan fingerprint density at radius 2 is 2.00 bits per heavy atom. The predicted octanol–water partition coefficient (Wildman–Crippen LogP) is 3.68. The molecule has 1 heterocycles. The Hall–Kier alpha value is -2.84. The molecular formula is C22H24N2O3. The summed E-state index contributed by atoms with van der Waals surface area (Å²) in [6, 6.07) is 17.4. The monoisotopic (exact) mass is 364 g/mol. The van der Waals surface area contributed by atoms with Gasteiger partial charge in [0.1, 0.15) is 12.4 Å². The fourth-order valence-corrected chi connectivity index (χ4v) is 3.66. The molecule has 1 saturated heterocycles. The number of carboxylic acids is 1. The lowest BCUT2D eigenvalue weighted by molar-refractivity contribution is -0.144. The van der Waals surface area contributed by atoms with Crippen molar-refractivity contribution < 1.29 is 14.6 Å². The molecule has 3 rings (SSSR count). The second-order valence-corrected chi connectivity index (χ2v) is 7.32. The van der Waals surface area contributed by atoms with E-state index in [4.69, 9.17) is 10.00 Å². The molecule has 1 fully saturated rings. The zero-order valence-electron chi connectivity index (χ0n) is 15.5. The first-order valence-corrected chi connectivity index (χ1v) is 9.19. The summed E-state index contributed by atoms with van der Waals surface area (Å²) >= 11 is 0. The number of hydrogen-bond acceptors (Lipinski definition) is 4. The maximum absolute atomic E-state index is 11.4. The molecule has 2 aromatic carbocycles. The van der Waals surface area contributed by atoms with Gasteiger partial charge in [-0.3, -0.25) is 9.69 Å². The van der Waals surface area contributed by atoms with Crippen LogP contribution in [-0.4, -0.2) is 29.1 Å². The van der Waals surface area contributed by atoms with E-state index in [1.807, 2.05) is 42.5 Å². The van der Waals surface area contributed by atoms with Crippen LogP contribution in [-0.2, 0) is 17.9 Å². The minimum Gasteiger partial charge on any atom is -0.489 e. The van der Waals surface area contributed by atoms with Crippen LogP contribution >= 0.6 is 0 Å². The van der Waals surface area contributed by atoms with Gasteiger partial charge in [0.25, 0.3) is 0 Å². The number of benzene rings is 2. The largest absolute Gasteiger partial charge is 0.489 e. The minimum absolute atomic E-state index is 0.291. The SMILES string of the molecule is CC1CC(C(=O)O)CN(Cc2cccc(OCc3cccc(C#N)c3)c2)C1. The van der Waals surface area contributed by atoms with Gasteiger partial charge in [0.15, 0.2) is 0 Å². The summed E-state index contributed by atoms with van der Waals surface area (Å²) in [6.07, 6.45) is 0.747. The third-order valence-electron chi connectivity index (χ3n) is 4.85. The lowest BCUT2D eigenvalue weighted by atomic mass is 9.90. The van der Waals surface area contributed by atoms with Gasteiger partial charge in [0, 0.05) is 19.6 Å². The molecule has 1 aliphatic rings. The first kappa shape index (κ1) is 18.9. The highest BCUT2D eigenvalue weighted by atomic mass is 16.5. The second kappa shape index (κ2) is 8.70. The molecule has 2 aromatic rings. The number of likely N-dealkylation sites (tertiary alicyclic amines) is 1. The average Bonchev–Trinajstić information content (AvgIpc) is 2.66. The van der Waals surface area contributed by atoms with E-state index in [0.717, 1.165) is 36.4 Å². The van der Waals surface area contributed by atoms with Gasteiger partial charge in [0.2, 0.25) is 0 Å². The fraction of sp³-hybridized carbons (Fsp3) is 0.364. The van der Waals surface area contributed by atoms with Crippen LogP contribution in [0.5, 0.6) is 5.75 Å². The molecular weight excluding hydrogens is 340 g/mol. The highest BCUT2D eigenvalue weighted by molar-refractivity contribution is 5.70. The van der Waals surface area contributed by atoms with Crippen molar-refractivity contribution in [2.75, 3.05) is 13.1 Å². The summed E-state index contributed by atoms with van der Waals surface area (Å²) in [5, 5.41) is 18.3. The second-order valence-electron chi connectivity index (χ2n) is 7.32. The molecule has 27 heavy (non-hydrogen) atoms. The van der Waals surface area contributed by atoms with Crippen LogP contribution in [0, 0.1) is 23.2 Å². The number of nitriles is 1. The average molecular weight is 364 g/mol. The highest BCUT2D eigenvalue weighted by Crippen LogP contribution is 2.24. The van der Waals surface area contributed by atoms with Crippen LogP contribution in [0.4, 0.5) is 0 Å². The van der Waals surface area contributed by atoms with Crippen LogP contribution in [0.3, 0.4) is 0 Å². The Bertz CT molecular complexity index is 843. The Labute approximate surface area is 159 Å². The summed E-state index contributed by atoms with van der Waals surface area (Å²) < 4.78 is 5.88. The number of piperidine rings is 1. The van der Waals surface area contributed by atoms with Gasteiger partial charge in [-0.15, -0.1) is 0 Å². The quantitative estimate of drug-likeness (QED) is 0.846. The van der Waals surface area contributed by atoms with E-state index in [2.05, 4.69) is 17.9 Å². The molecule has 0 amide bonds. The van der Waals surface area contributed by atoms with Crippen molar-refractivity contribution >= 4 is 5.97 Å². The van der Waals surface area contributed by atoms with Crippen LogP contribution in [0.15, 0.2) is 48.5 Å². The van der Waals surface area contributed by atoms with Crippen molar-refractivity contribution in [3.05, 3.63) is 65.2 Å². The van der Waals surface area contributed by atoms with Crippen LogP contribution in [0.25, 0.3) is 0 Å². The number of carboxylic acid groups (broad SMARTS) is 1. The number of rotatable bonds is 6. The minimum atomic E-state index is -0.705. The number of nitrogens with zero attached hydrogens (tertiary/aromatic N) is 2. The van der Waals surface area contributed by atoms with E-state index >= 15 is 0 Å². The van der Waals surface area contributed by atoms with E-state index in [0.29, 0.717) is 24.6 Å². The zero-order valence-corrected chi connectivity index (χ0v) is 15.5. The fourth-order valence-electron chi connectivity index (χ4n) is 3.66. The smallest absolute Gasteiger partial charge is 0.307 e. The van der Waals surface area contributed by atoms with Crippen molar-refractivity contribution in [1.82, 2.24) is 4.90 Å². The summed E-state index contributed by atoms with van der Waals surface area (Å²) in [6.45, 7) is 4.73. The molecule has 5 nitrogen and oxygen atoms in total. The first-order chi connectivity index (χ1) is 13.0. The molecule has 0 bridgehead atoms. The number of ether oxygens (including phenoxy) is 1. The Morgan fingerprint density at radius 3 is 2.78 bits per heavy atom. The van der Waals surface area contributed by atoms with Gasteiger partial charge in [-0.05, 0) is 47.7 Å². The van der Waals surface area contributed by atoms with Gasteiger partial charge in [-0.25, -0.2) is 0 Å². The molecule has 0 saturated carbocycles. The molecule has 2 unspecified atom stereocenters. The van der Waals surface area contributed by atoms with Crippen LogP contribution in [0.1, 0.15) is 30.0 Å². The van der Waals surface area contributed by atoms with Crippen molar-refractivity contribution in [1.29, 1.82) is 5.26 Å². The summed E-state index contributed by atoms with van der Waals surface area (Å²) in [5.41, 5.74) is 2.68. The summed E-state index contributed by atoms with van der Waals surface area (Å²) in [5.74, 6) is 0.158. The Kier molecular flexibility index (Phi) is 6.10. The molecule has 0 spiro atoms. The van der Waals surface area contributed by atoms with Crippen molar-refractivity contribution in [2.24, 2.45) is 11.8 Å². The molecule has 1 aliphatic heterocycles. The number of aliphatic carboxylic acids is 1. The Morgan fingerprint density at radius 1 is 1.22 bits per heavy atom. The molecule has 5 heteroatoms.